The number of nitrogens with one attached hydrogen (secondary N) is 1. The quantitative estimate of drug-likeness (QED) is 0.892. The molecule has 0 aromatic carbocycles. The fourth-order valence-corrected chi connectivity index (χ4v) is 3.43. The van der Waals surface area contributed by atoms with E-state index in [1.807, 2.05) is 4.90 Å². The highest BCUT2D eigenvalue weighted by Crippen LogP contribution is 2.37. The van der Waals surface area contributed by atoms with Crippen molar-refractivity contribution in [2.45, 2.75) is 18.4 Å². The molecule has 2 aliphatic heterocycles. The SMILES string of the molecule is O=C(NC[C@@H]1CCC2(CN(c3ncc(F)cn3)C2)OC1)c1ccncc1. The lowest BCUT2D eigenvalue weighted by atomic mass is 9.83. The van der Waals surface area contributed by atoms with Crippen LogP contribution in [0.1, 0.15) is 23.2 Å². The molecule has 2 fully saturated rings. The summed E-state index contributed by atoms with van der Waals surface area (Å²) in [5, 5.41) is 2.96. The molecular weight excluding hydrogens is 337 g/mol. The number of ether oxygens (including phenoxy) is 1. The van der Waals surface area contributed by atoms with Gasteiger partial charge in [0.15, 0.2) is 5.82 Å². The summed E-state index contributed by atoms with van der Waals surface area (Å²) in [6, 6.07) is 3.39. The zero-order valence-corrected chi connectivity index (χ0v) is 14.3. The van der Waals surface area contributed by atoms with Crippen LogP contribution in [0.5, 0.6) is 0 Å². The molecule has 26 heavy (non-hydrogen) atoms. The molecule has 0 aliphatic carbocycles. The van der Waals surface area contributed by atoms with Crippen molar-refractivity contribution < 1.29 is 13.9 Å². The lowest BCUT2D eigenvalue weighted by Gasteiger charge is -2.52. The van der Waals surface area contributed by atoms with Crippen molar-refractivity contribution in [3.05, 3.63) is 48.3 Å². The van der Waals surface area contributed by atoms with Crippen molar-refractivity contribution in [3.63, 3.8) is 0 Å². The van der Waals surface area contributed by atoms with Gasteiger partial charge in [-0.05, 0) is 30.9 Å². The maximum Gasteiger partial charge on any atom is 0.251 e. The Morgan fingerprint density at radius 2 is 2.04 bits per heavy atom. The first-order valence-corrected chi connectivity index (χ1v) is 8.68. The normalized spacial score (nSPS) is 21.3. The molecule has 1 amide bonds. The highest BCUT2D eigenvalue weighted by molar-refractivity contribution is 5.93. The number of hydrogen-bond acceptors (Lipinski definition) is 6. The van der Waals surface area contributed by atoms with Gasteiger partial charge in [0.1, 0.15) is 5.60 Å². The predicted octanol–water partition coefficient (Wildman–Crippen LogP) is 1.43. The predicted molar refractivity (Wildman–Crippen MR) is 92.2 cm³/mol. The molecule has 0 radical (unpaired) electrons. The van der Waals surface area contributed by atoms with Gasteiger partial charge in [-0.25, -0.2) is 14.4 Å². The Bertz CT molecular complexity index is 755. The second-order valence-corrected chi connectivity index (χ2v) is 6.90. The monoisotopic (exact) mass is 357 g/mol. The molecular formula is C18H20FN5O2. The van der Waals surface area contributed by atoms with Crippen molar-refractivity contribution in [2.24, 2.45) is 5.92 Å². The van der Waals surface area contributed by atoms with Crippen LogP contribution in [0.2, 0.25) is 0 Å². The first-order valence-electron chi connectivity index (χ1n) is 8.68. The van der Waals surface area contributed by atoms with Crippen LogP contribution in [0.4, 0.5) is 10.3 Å². The number of amides is 1. The maximum atomic E-state index is 12.9. The largest absolute Gasteiger partial charge is 0.371 e. The van der Waals surface area contributed by atoms with Gasteiger partial charge >= 0.3 is 0 Å². The minimum Gasteiger partial charge on any atom is -0.371 e. The summed E-state index contributed by atoms with van der Waals surface area (Å²) in [4.78, 5) is 26.0. The molecule has 2 saturated heterocycles. The van der Waals surface area contributed by atoms with E-state index in [1.165, 1.54) is 12.4 Å². The molecule has 2 aromatic rings. The summed E-state index contributed by atoms with van der Waals surface area (Å²) >= 11 is 0. The highest BCUT2D eigenvalue weighted by Gasteiger charge is 2.47. The number of anilines is 1. The number of nitrogens with zero attached hydrogens (tertiary/aromatic N) is 4. The zero-order chi connectivity index (χ0) is 18.0. The van der Waals surface area contributed by atoms with Gasteiger partial charge in [-0.3, -0.25) is 9.78 Å². The van der Waals surface area contributed by atoms with Crippen molar-refractivity contribution in [1.29, 1.82) is 0 Å². The molecule has 1 atom stereocenters. The Morgan fingerprint density at radius 3 is 2.69 bits per heavy atom. The van der Waals surface area contributed by atoms with Crippen molar-refractivity contribution in [3.8, 4) is 0 Å². The lowest BCUT2D eigenvalue weighted by Crippen LogP contribution is -2.65. The maximum absolute atomic E-state index is 12.9. The van der Waals surface area contributed by atoms with Gasteiger partial charge in [0.2, 0.25) is 5.95 Å². The third-order valence-corrected chi connectivity index (χ3v) is 4.97. The van der Waals surface area contributed by atoms with Crippen LogP contribution in [0.25, 0.3) is 0 Å². The van der Waals surface area contributed by atoms with Gasteiger partial charge < -0.3 is 15.0 Å². The van der Waals surface area contributed by atoms with E-state index in [0.29, 0.717) is 43.7 Å². The average molecular weight is 357 g/mol. The fourth-order valence-electron chi connectivity index (χ4n) is 3.43. The first kappa shape index (κ1) is 16.8. The van der Waals surface area contributed by atoms with E-state index in [4.69, 9.17) is 4.74 Å². The van der Waals surface area contributed by atoms with Crippen LogP contribution in [0.3, 0.4) is 0 Å². The van der Waals surface area contributed by atoms with E-state index in [0.717, 1.165) is 12.8 Å². The van der Waals surface area contributed by atoms with Gasteiger partial charge in [0.25, 0.3) is 5.91 Å². The first-order chi connectivity index (χ1) is 12.6. The number of pyridine rings is 1. The Morgan fingerprint density at radius 1 is 1.31 bits per heavy atom. The molecule has 0 saturated carbocycles. The van der Waals surface area contributed by atoms with Crippen LogP contribution < -0.4 is 10.2 Å². The minimum atomic E-state index is -0.436. The summed E-state index contributed by atoms with van der Waals surface area (Å²) in [5.41, 5.74) is 0.450. The van der Waals surface area contributed by atoms with Gasteiger partial charge in [-0.2, -0.15) is 0 Å². The highest BCUT2D eigenvalue weighted by atomic mass is 19.1. The smallest absolute Gasteiger partial charge is 0.251 e. The van der Waals surface area contributed by atoms with Crippen LogP contribution in [0, 0.1) is 11.7 Å². The molecule has 0 unspecified atom stereocenters. The topological polar surface area (TPSA) is 80.2 Å². The fraction of sp³-hybridized carbons (Fsp3) is 0.444. The second-order valence-electron chi connectivity index (χ2n) is 6.90. The zero-order valence-electron chi connectivity index (χ0n) is 14.3. The molecule has 1 spiro atoms. The van der Waals surface area contributed by atoms with Gasteiger partial charge in [0.05, 0.1) is 32.1 Å². The van der Waals surface area contributed by atoms with E-state index in [2.05, 4.69) is 20.3 Å². The third kappa shape index (κ3) is 3.50. The molecule has 7 nitrogen and oxygen atoms in total. The third-order valence-electron chi connectivity index (χ3n) is 4.97. The van der Waals surface area contributed by atoms with Crippen LogP contribution in [-0.4, -0.2) is 52.7 Å². The molecule has 4 rings (SSSR count). The summed E-state index contributed by atoms with van der Waals surface area (Å²) in [7, 11) is 0. The Kier molecular flexibility index (Phi) is 4.50. The van der Waals surface area contributed by atoms with Crippen molar-refractivity contribution in [1.82, 2.24) is 20.3 Å². The van der Waals surface area contributed by atoms with E-state index in [9.17, 15) is 9.18 Å². The second kappa shape index (κ2) is 6.95. The van der Waals surface area contributed by atoms with Crippen molar-refractivity contribution in [2.75, 3.05) is 31.1 Å². The van der Waals surface area contributed by atoms with E-state index in [-0.39, 0.29) is 11.5 Å². The summed E-state index contributed by atoms with van der Waals surface area (Å²) in [6.07, 6.45) is 7.49. The van der Waals surface area contributed by atoms with Gasteiger partial charge in [-0.15, -0.1) is 0 Å². The standard InChI is InChI=1S/C18H20FN5O2/c19-15-8-22-17(23-9-15)24-11-18(12-24)4-1-13(10-26-18)7-21-16(25)14-2-5-20-6-3-14/h2-3,5-6,8-9,13H,1,4,7,10-12H2,(H,21,25)/t13-/m0/s1. The molecule has 8 heteroatoms. The van der Waals surface area contributed by atoms with Crippen molar-refractivity contribution >= 4 is 11.9 Å². The van der Waals surface area contributed by atoms with E-state index in [1.54, 1.807) is 24.5 Å². The molecule has 4 heterocycles. The Labute approximate surface area is 150 Å². The Balaban J connectivity index is 1.22. The average Bonchev–Trinajstić information content (AvgIpc) is 2.66. The van der Waals surface area contributed by atoms with Gasteiger partial charge in [0, 0.05) is 24.5 Å². The van der Waals surface area contributed by atoms with Crippen LogP contribution in [0.15, 0.2) is 36.9 Å². The van der Waals surface area contributed by atoms with Crippen LogP contribution >= 0.6 is 0 Å². The minimum absolute atomic E-state index is 0.0871. The molecule has 1 N–H and O–H groups in total. The number of aromatic nitrogens is 3. The number of carbonyl (C=O) groups excluding carboxylic acids is 1. The number of halogens is 1. The van der Waals surface area contributed by atoms with E-state index >= 15 is 0 Å². The number of rotatable bonds is 4. The number of carbonyl (C=O) groups is 1. The summed E-state index contributed by atoms with van der Waals surface area (Å²) in [6.45, 7) is 2.65. The van der Waals surface area contributed by atoms with Gasteiger partial charge in [-0.1, -0.05) is 0 Å². The molecule has 2 aliphatic rings. The Hall–Kier alpha value is -2.61. The summed E-state index contributed by atoms with van der Waals surface area (Å²) in [5.74, 6) is 0.320. The number of hydrogen-bond donors (Lipinski definition) is 1. The molecule has 0 bridgehead atoms. The van der Waals surface area contributed by atoms with E-state index < -0.39 is 5.82 Å². The molecule has 136 valence electrons. The lowest BCUT2D eigenvalue weighted by molar-refractivity contribution is -0.115. The molecule has 2 aromatic heterocycles. The van der Waals surface area contributed by atoms with Crippen LogP contribution in [-0.2, 0) is 4.74 Å². The summed E-state index contributed by atoms with van der Waals surface area (Å²) < 4.78 is 19.0.